The second-order valence-corrected chi connectivity index (χ2v) is 4.73. The monoisotopic (exact) mass is 314 g/mol. The van der Waals surface area contributed by atoms with Crippen molar-refractivity contribution in [3.8, 4) is 11.5 Å². The summed E-state index contributed by atoms with van der Waals surface area (Å²) in [5.41, 5.74) is 1.11. The summed E-state index contributed by atoms with van der Waals surface area (Å²) in [4.78, 5) is 22.3. The fraction of sp³-hybridized carbons (Fsp3) is 0.0588. The van der Waals surface area contributed by atoms with Gasteiger partial charge in [-0.05, 0) is 36.3 Å². The van der Waals surface area contributed by atoms with Gasteiger partial charge in [-0.3, -0.25) is 0 Å². The predicted molar refractivity (Wildman–Crippen MR) is 82.5 cm³/mol. The summed E-state index contributed by atoms with van der Waals surface area (Å²) in [7, 11) is 0. The number of hydrogen-bond donors (Lipinski definition) is 3. The average molecular weight is 314 g/mol. The molecule has 0 radical (unpaired) electrons. The minimum atomic E-state index is -1.34. The van der Waals surface area contributed by atoms with Gasteiger partial charge < -0.3 is 20.1 Å². The highest BCUT2D eigenvalue weighted by Crippen LogP contribution is 2.31. The van der Waals surface area contributed by atoms with E-state index in [0.29, 0.717) is 5.56 Å². The van der Waals surface area contributed by atoms with Crippen LogP contribution in [0.3, 0.4) is 0 Å². The molecule has 0 aromatic heterocycles. The molecule has 0 unspecified atom stereocenters. The van der Waals surface area contributed by atoms with Gasteiger partial charge in [-0.15, -0.1) is 0 Å². The van der Waals surface area contributed by atoms with E-state index in [4.69, 9.17) is 9.84 Å². The van der Waals surface area contributed by atoms with Gasteiger partial charge >= 0.3 is 11.9 Å². The molecule has 2 rings (SSSR count). The lowest BCUT2D eigenvalue weighted by Gasteiger charge is -2.10. The van der Waals surface area contributed by atoms with Crippen molar-refractivity contribution < 1.29 is 29.6 Å². The molecule has 0 spiro atoms. The van der Waals surface area contributed by atoms with Crippen LogP contribution in [0.2, 0.25) is 0 Å². The number of ether oxygens (including phenoxy) is 1. The van der Waals surface area contributed by atoms with Crippen molar-refractivity contribution in [1.82, 2.24) is 0 Å². The highest BCUT2D eigenvalue weighted by molar-refractivity contribution is 5.93. The van der Waals surface area contributed by atoms with E-state index >= 15 is 0 Å². The van der Waals surface area contributed by atoms with Crippen LogP contribution >= 0.6 is 0 Å². The molecule has 118 valence electrons. The number of carbonyl (C=O) groups is 2. The van der Waals surface area contributed by atoms with Gasteiger partial charge in [-0.1, -0.05) is 30.3 Å². The summed E-state index contributed by atoms with van der Waals surface area (Å²) < 4.78 is 5.20. The summed E-state index contributed by atoms with van der Waals surface area (Å²) in [5.74, 6) is -3.98. The summed E-state index contributed by atoms with van der Waals surface area (Å²) >= 11 is 0. The number of benzene rings is 2. The van der Waals surface area contributed by atoms with Crippen molar-refractivity contribution in [3.63, 3.8) is 0 Å². The van der Waals surface area contributed by atoms with Crippen molar-refractivity contribution >= 4 is 18.0 Å². The largest absolute Gasteiger partial charge is 0.504 e. The predicted octanol–water partition coefficient (Wildman–Crippen LogP) is 2.90. The number of aromatic carboxylic acids is 1. The van der Waals surface area contributed by atoms with Crippen LogP contribution in [-0.4, -0.2) is 27.3 Å². The number of aryl methyl sites for hydroxylation is 1. The van der Waals surface area contributed by atoms with E-state index in [1.165, 1.54) is 24.3 Å². The average Bonchev–Trinajstić information content (AvgIpc) is 2.50. The SMILES string of the molecule is Cc1ccccc1/C=C(/Oc1cccc(C(=O)O)c1O)C(=O)O. The maximum Gasteiger partial charge on any atom is 0.371 e. The first-order valence-corrected chi connectivity index (χ1v) is 6.64. The Kier molecular flexibility index (Phi) is 4.66. The smallest absolute Gasteiger partial charge is 0.371 e. The number of rotatable bonds is 5. The van der Waals surface area contributed by atoms with Gasteiger partial charge in [0.05, 0.1) is 0 Å². The molecule has 3 N–H and O–H groups in total. The summed E-state index contributed by atoms with van der Waals surface area (Å²) in [5, 5.41) is 28.1. The van der Waals surface area contributed by atoms with E-state index in [1.54, 1.807) is 12.1 Å². The summed E-state index contributed by atoms with van der Waals surface area (Å²) in [6, 6.07) is 10.9. The molecule has 0 heterocycles. The van der Waals surface area contributed by atoms with Crippen molar-refractivity contribution in [1.29, 1.82) is 0 Å². The number of aromatic hydroxyl groups is 1. The zero-order chi connectivity index (χ0) is 17.0. The fourth-order valence-corrected chi connectivity index (χ4v) is 1.92. The Balaban J connectivity index is 2.42. The van der Waals surface area contributed by atoms with Crippen LogP contribution in [0.5, 0.6) is 11.5 Å². The number of hydrogen-bond acceptors (Lipinski definition) is 4. The molecule has 0 aliphatic carbocycles. The quantitative estimate of drug-likeness (QED) is 0.579. The van der Waals surface area contributed by atoms with Crippen LogP contribution < -0.4 is 4.74 Å². The number of phenols is 1. The Labute approximate surface area is 131 Å². The molecule has 6 heteroatoms. The van der Waals surface area contributed by atoms with E-state index in [1.807, 2.05) is 19.1 Å². The highest BCUT2D eigenvalue weighted by atomic mass is 16.5. The lowest BCUT2D eigenvalue weighted by Crippen LogP contribution is -2.08. The third-order valence-electron chi connectivity index (χ3n) is 3.14. The van der Waals surface area contributed by atoms with Crippen LogP contribution in [-0.2, 0) is 4.79 Å². The molecule has 0 saturated heterocycles. The highest BCUT2D eigenvalue weighted by Gasteiger charge is 2.18. The molecule has 6 nitrogen and oxygen atoms in total. The molecule has 0 fully saturated rings. The fourth-order valence-electron chi connectivity index (χ4n) is 1.92. The van der Waals surface area contributed by atoms with Gasteiger partial charge in [0, 0.05) is 0 Å². The Morgan fingerprint density at radius 3 is 2.35 bits per heavy atom. The Bertz CT molecular complexity index is 791. The Hall–Kier alpha value is -3.28. The van der Waals surface area contributed by atoms with Gasteiger partial charge in [-0.2, -0.15) is 0 Å². The van der Waals surface area contributed by atoms with Gasteiger partial charge in [0.2, 0.25) is 5.76 Å². The van der Waals surface area contributed by atoms with E-state index in [2.05, 4.69) is 0 Å². The molecule has 0 aliphatic rings. The van der Waals surface area contributed by atoms with Crippen LogP contribution in [0.15, 0.2) is 48.2 Å². The van der Waals surface area contributed by atoms with Gasteiger partial charge in [0.25, 0.3) is 0 Å². The normalized spacial score (nSPS) is 11.1. The number of carboxylic acid groups (broad SMARTS) is 2. The Morgan fingerprint density at radius 1 is 1.04 bits per heavy atom. The van der Waals surface area contributed by atoms with Crippen molar-refractivity contribution in [2.75, 3.05) is 0 Å². The van der Waals surface area contributed by atoms with E-state index in [0.717, 1.165) is 5.56 Å². The topological polar surface area (TPSA) is 104 Å². The first kappa shape index (κ1) is 16.1. The van der Waals surface area contributed by atoms with Crippen LogP contribution in [0.4, 0.5) is 0 Å². The molecule has 0 atom stereocenters. The van der Waals surface area contributed by atoms with E-state index < -0.39 is 23.4 Å². The molecule has 0 aliphatic heterocycles. The molecule has 2 aromatic carbocycles. The molecular formula is C17H14O6. The third-order valence-corrected chi connectivity index (χ3v) is 3.14. The maximum absolute atomic E-state index is 11.4. The van der Waals surface area contributed by atoms with Crippen LogP contribution in [0, 0.1) is 6.92 Å². The van der Waals surface area contributed by atoms with Crippen LogP contribution in [0.1, 0.15) is 21.5 Å². The number of aliphatic carboxylic acids is 1. The van der Waals surface area contributed by atoms with Gasteiger partial charge in [0.1, 0.15) is 5.56 Å². The van der Waals surface area contributed by atoms with Gasteiger partial charge in [-0.25, -0.2) is 9.59 Å². The van der Waals surface area contributed by atoms with Crippen molar-refractivity contribution in [2.45, 2.75) is 6.92 Å². The first-order valence-electron chi connectivity index (χ1n) is 6.64. The molecule has 2 aromatic rings. The zero-order valence-electron chi connectivity index (χ0n) is 12.2. The molecular weight excluding hydrogens is 300 g/mol. The number of carboxylic acids is 2. The summed E-state index contributed by atoms with van der Waals surface area (Å²) in [6.45, 7) is 1.81. The number of para-hydroxylation sites is 1. The van der Waals surface area contributed by atoms with Crippen molar-refractivity contribution in [3.05, 3.63) is 64.9 Å². The molecule has 0 bridgehead atoms. The second kappa shape index (κ2) is 6.65. The first-order chi connectivity index (χ1) is 10.9. The van der Waals surface area contributed by atoms with E-state index in [-0.39, 0.29) is 11.3 Å². The molecule has 23 heavy (non-hydrogen) atoms. The maximum atomic E-state index is 11.4. The van der Waals surface area contributed by atoms with E-state index in [9.17, 15) is 19.8 Å². The lowest BCUT2D eigenvalue weighted by molar-refractivity contribution is -0.134. The third kappa shape index (κ3) is 3.68. The van der Waals surface area contributed by atoms with Crippen LogP contribution in [0.25, 0.3) is 6.08 Å². The minimum Gasteiger partial charge on any atom is -0.504 e. The van der Waals surface area contributed by atoms with Crippen molar-refractivity contribution in [2.24, 2.45) is 0 Å². The zero-order valence-corrected chi connectivity index (χ0v) is 12.2. The standard InChI is InChI=1S/C17H14O6/c1-10-5-2-3-6-11(10)9-14(17(21)22)23-13-8-4-7-12(15(13)18)16(19)20/h2-9,18H,1H3,(H,19,20)(H,21,22)/b14-9+. The van der Waals surface area contributed by atoms with Gasteiger partial charge in [0.15, 0.2) is 11.5 Å². The molecule has 0 saturated carbocycles. The minimum absolute atomic E-state index is 0.243. The summed E-state index contributed by atoms with van der Waals surface area (Å²) in [6.07, 6.45) is 1.31. The molecule has 0 amide bonds. The second-order valence-electron chi connectivity index (χ2n) is 4.73. The lowest BCUT2D eigenvalue weighted by atomic mass is 10.1. The Morgan fingerprint density at radius 2 is 1.74 bits per heavy atom.